The molecule has 0 radical (unpaired) electrons. The number of pyridine rings is 1. The Labute approximate surface area is 137 Å². The Morgan fingerprint density at radius 3 is 2.57 bits per heavy atom. The molecule has 1 heterocycles. The lowest BCUT2D eigenvalue weighted by Crippen LogP contribution is -2.52. The van der Waals surface area contributed by atoms with E-state index in [9.17, 15) is 4.79 Å². The quantitative estimate of drug-likeness (QED) is 0.736. The molecular formula is C16H25N5O2. The Morgan fingerprint density at radius 2 is 2.09 bits per heavy atom. The molecule has 0 aliphatic carbocycles. The van der Waals surface area contributed by atoms with E-state index in [-0.39, 0.29) is 6.04 Å². The molecule has 7 heteroatoms. The van der Waals surface area contributed by atoms with Gasteiger partial charge in [-0.2, -0.15) is 5.26 Å². The summed E-state index contributed by atoms with van der Waals surface area (Å²) in [6.07, 6.45) is 1.48. The molecule has 1 rings (SSSR count). The van der Waals surface area contributed by atoms with Crippen LogP contribution in [0.3, 0.4) is 0 Å². The van der Waals surface area contributed by atoms with E-state index in [1.165, 1.54) is 13.3 Å². The number of nitrogens with zero attached hydrogens (tertiary/aromatic N) is 2. The number of carbonyl (C=O) groups excluding carboxylic acids is 1. The summed E-state index contributed by atoms with van der Waals surface area (Å²) in [6, 6.07) is 1.31. The summed E-state index contributed by atoms with van der Waals surface area (Å²) < 4.78 is 5.26. The van der Waals surface area contributed by atoms with Gasteiger partial charge in [-0.15, -0.1) is 0 Å². The maximum absolute atomic E-state index is 12.5. The van der Waals surface area contributed by atoms with Gasteiger partial charge in [0.1, 0.15) is 17.9 Å². The number of nitriles is 1. The molecule has 0 aliphatic heterocycles. The topological polar surface area (TPSA) is 113 Å². The fourth-order valence-electron chi connectivity index (χ4n) is 1.89. The van der Waals surface area contributed by atoms with Crippen LogP contribution in [-0.2, 0) is 9.53 Å². The number of ether oxygens (including phenoxy) is 1. The smallest absolute Gasteiger partial charge is 0.244 e. The first-order valence-electron chi connectivity index (χ1n) is 7.41. The van der Waals surface area contributed by atoms with E-state index in [2.05, 4.69) is 21.7 Å². The molecular weight excluding hydrogens is 294 g/mol. The summed E-state index contributed by atoms with van der Waals surface area (Å²) >= 11 is 0. The van der Waals surface area contributed by atoms with Gasteiger partial charge in [0.15, 0.2) is 0 Å². The second kappa shape index (κ2) is 7.40. The van der Waals surface area contributed by atoms with E-state index < -0.39 is 17.6 Å². The van der Waals surface area contributed by atoms with Crippen LogP contribution in [0.4, 0.5) is 11.5 Å². The molecule has 1 aromatic heterocycles. The molecule has 4 N–H and O–H groups in total. The Balaban J connectivity index is 3.20. The second-order valence-electron chi connectivity index (χ2n) is 6.21. The molecule has 0 fully saturated rings. The first kappa shape index (κ1) is 18.9. The van der Waals surface area contributed by atoms with Crippen LogP contribution in [0.15, 0.2) is 6.20 Å². The van der Waals surface area contributed by atoms with Gasteiger partial charge in [0.05, 0.1) is 16.9 Å². The minimum Gasteiger partial charge on any atom is -0.377 e. The Kier molecular flexibility index (Phi) is 6.07. The lowest BCUT2D eigenvalue weighted by Gasteiger charge is -2.29. The number of methoxy groups -OCH3 is 1. The Hall–Kier alpha value is -2.17. The lowest BCUT2D eigenvalue weighted by atomic mass is 9.98. The predicted octanol–water partition coefficient (Wildman–Crippen LogP) is 1.77. The number of nitrogens with one attached hydrogen (secondary N) is 2. The van der Waals surface area contributed by atoms with Crippen molar-refractivity contribution in [1.82, 2.24) is 4.98 Å². The summed E-state index contributed by atoms with van der Waals surface area (Å²) in [5.74, 6) is 0.107. The van der Waals surface area contributed by atoms with Gasteiger partial charge in [0.25, 0.3) is 0 Å². The molecule has 1 atom stereocenters. The van der Waals surface area contributed by atoms with Crippen molar-refractivity contribution in [1.29, 1.82) is 5.26 Å². The van der Waals surface area contributed by atoms with Gasteiger partial charge in [-0.3, -0.25) is 4.79 Å². The van der Waals surface area contributed by atoms with Crippen molar-refractivity contribution in [3.63, 3.8) is 0 Å². The van der Waals surface area contributed by atoms with Crippen LogP contribution in [0, 0.1) is 18.3 Å². The van der Waals surface area contributed by atoms with Crippen molar-refractivity contribution < 1.29 is 9.53 Å². The average Bonchev–Trinajstić information content (AvgIpc) is 2.49. The van der Waals surface area contributed by atoms with Crippen molar-refractivity contribution in [2.45, 2.75) is 52.3 Å². The van der Waals surface area contributed by atoms with E-state index in [0.717, 1.165) is 0 Å². The van der Waals surface area contributed by atoms with Crippen LogP contribution in [0.25, 0.3) is 0 Å². The lowest BCUT2D eigenvalue weighted by molar-refractivity contribution is -0.123. The molecule has 0 saturated heterocycles. The fourth-order valence-corrected chi connectivity index (χ4v) is 1.89. The van der Waals surface area contributed by atoms with Gasteiger partial charge in [-0.05, 0) is 40.2 Å². The number of hydrogen-bond acceptors (Lipinski definition) is 6. The highest BCUT2D eigenvalue weighted by Gasteiger charge is 2.32. The third-order valence-corrected chi connectivity index (χ3v) is 3.69. The molecule has 1 unspecified atom stereocenters. The zero-order valence-electron chi connectivity index (χ0n) is 14.5. The zero-order valence-corrected chi connectivity index (χ0v) is 14.5. The van der Waals surface area contributed by atoms with Gasteiger partial charge in [0, 0.05) is 19.3 Å². The van der Waals surface area contributed by atoms with Gasteiger partial charge in [-0.25, -0.2) is 4.98 Å². The van der Waals surface area contributed by atoms with Gasteiger partial charge < -0.3 is 21.1 Å². The SMILES string of the molecule is COC(C)(C)C(N)C(=O)Nc1c(NC(C)C)ncc(C#N)c1C. The highest BCUT2D eigenvalue weighted by molar-refractivity contribution is 5.98. The molecule has 7 nitrogen and oxygen atoms in total. The van der Waals surface area contributed by atoms with E-state index in [4.69, 9.17) is 15.7 Å². The normalized spacial score (nSPS) is 12.7. The number of nitrogens with two attached hydrogens (primary N) is 1. The summed E-state index contributed by atoms with van der Waals surface area (Å²) in [4.78, 5) is 16.7. The van der Waals surface area contributed by atoms with Gasteiger partial charge in [0.2, 0.25) is 5.91 Å². The average molecular weight is 319 g/mol. The highest BCUT2D eigenvalue weighted by Crippen LogP contribution is 2.27. The maximum Gasteiger partial charge on any atom is 0.244 e. The van der Waals surface area contributed by atoms with Crippen molar-refractivity contribution in [3.8, 4) is 6.07 Å². The van der Waals surface area contributed by atoms with E-state index >= 15 is 0 Å². The Morgan fingerprint density at radius 1 is 1.48 bits per heavy atom. The van der Waals surface area contributed by atoms with Crippen LogP contribution in [0.1, 0.15) is 38.8 Å². The predicted molar refractivity (Wildman–Crippen MR) is 90.1 cm³/mol. The van der Waals surface area contributed by atoms with Crippen LogP contribution in [-0.4, -0.2) is 35.7 Å². The van der Waals surface area contributed by atoms with Crippen molar-refractivity contribution in [2.24, 2.45) is 5.73 Å². The molecule has 1 aromatic rings. The number of aromatic nitrogens is 1. The molecule has 126 valence electrons. The Bertz CT molecular complexity index is 620. The molecule has 23 heavy (non-hydrogen) atoms. The summed E-state index contributed by atoms with van der Waals surface area (Å²) in [5, 5.41) is 15.1. The number of rotatable bonds is 6. The summed E-state index contributed by atoms with van der Waals surface area (Å²) in [7, 11) is 1.50. The number of hydrogen-bond donors (Lipinski definition) is 3. The standard InChI is InChI=1S/C16H25N5O2/c1-9(2)20-14-12(10(3)11(7-17)8-19-14)21-15(22)13(18)16(4,5)23-6/h8-9,13H,18H2,1-6H3,(H,19,20)(H,21,22). The zero-order chi connectivity index (χ0) is 17.8. The molecule has 0 saturated carbocycles. The van der Waals surface area contributed by atoms with Crippen LogP contribution >= 0.6 is 0 Å². The summed E-state index contributed by atoms with van der Waals surface area (Å²) in [6.45, 7) is 9.15. The van der Waals surface area contributed by atoms with Gasteiger partial charge >= 0.3 is 0 Å². The number of amides is 1. The molecule has 0 aliphatic rings. The molecule has 1 amide bonds. The fraction of sp³-hybridized carbons (Fsp3) is 0.562. The number of carbonyl (C=O) groups is 1. The first-order chi connectivity index (χ1) is 10.6. The maximum atomic E-state index is 12.5. The highest BCUT2D eigenvalue weighted by atomic mass is 16.5. The summed E-state index contributed by atoms with van der Waals surface area (Å²) in [5.41, 5.74) is 6.67. The molecule has 0 spiro atoms. The minimum atomic E-state index is -0.871. The van der Waals surface area contributed by atoms with Crippen molar-refractivity contribution in [3.05, 3.63) is 17.3 Å². The molecule has 0 bridgehead atoms. The molecule has 0 aromatic carbocycles. The van der Waals surface area contributed by atoms with E-state index in [0.29, 0.717) is 22.6 Å². The third-order valence-electron chi connectivity index (χ3n) is 3.69. The number of anilines is 2. The van der Waals surface area contributed by atoms with Crippen molar-refractivity contribution in [2.75, 3.05) is 17.7 Å². The second-order valence-corrected chi connectivity index (χ2v) is 6.21. The van der Waals surface area contributed by atoms with E-state index in [1.807, 2.05) is 13.8 Å². The largest absolute Gasteiger partial charge is 0.377 e. The monoisotopic (exact) mass is 319 g/mol. The van der Waals surface area contributed by atoms with Crippen molar-refractivity contribution >= 4 is 17.4 Å². The van der Waals surface area contributed by atoms with Gasteiger partial charge in [-0.1, -0.05) is 0 Å². The van der Waals surface area contributed by atoms with E-state index in [1.54, 1.807) is 20.8 Å². The van der Waals surface area contributed by atoms with Crippen LogP contribution in [0.2, 0.25) is 0 Å². The van der Waals surface area contributed by atoms with Crippen LogP contribution in [0.5, 0.6) is 0 Å². The van der Waals surface area contributed by atoms with Crippen LogP contribution < -0.4 is 16.4 Å². The first-order valence-corrected chi connectivity index (χ1v) is 7.41. The third kappa shape index (κ3) is 4.41. The minimum absolute atomic E-state index is 0.120.